The summed E-state index contributed by atoms with van der Waals surface area (Å²) < 4.78 is 10.4. The van der Waals surface area contributed by atoms with Crippen molar-refractivity contribution in [1.82, 2.24) is 0 Å². The van der Waals surface area contributed by atoms with Crippen LogP contribution in [0.3, 0.4) is 0 Å². The highest BCUT2D eigenvalue weighted by Crippen LogP contribution is 2.20. The predicted molar refractivity (Wildman–Crippen MR) is 77.0 cm³/mol. The maximum Gasteiger partial charge on any atom is 0.306 e. The topological polar surface area (TPSA) is 52.6 Å². The Morgan fingerprint density at radius 2 is 1.85 bits per heavy atom. The average Bonchev–Trinajstić information content (AvgIpc) is 2.46. The summed E-state index contributed by atoms with van der Waals surface area (Å²) in [6, 6.07) is 7.09. The fraction of sp³-hybridized carbons (Fsp3) is 0.500. The minimum atomic E-state index is -0.319. The largest absolute Gasteiger partial charge is 0.493 e. The molecule has 4 heteroatoms. The number of benzene rings is 1. The SMILES string of the molecule is CCCCOC(=O)CCC(=O)c1ccccc1OCC. The second-order valence-electron chi connectivity index (χ2n) is 4.43. The maximum atomic E-state index is 12.1. The number of para-hydroxylation sites is 1. The molecule has 110 valence electrons. The Morgan fingerprint density at radius 3 is 2.55 bits per heavy atom. The third-order valence-corrected chi connectivity index (χ3v) is 2.80. The molecule has 20 heavy (non-hydrogen) atoms. The van der Waals surface area contributed by atoms with Crippen LogP contribution in [0.4, 0.5) is 0 Å². The average molecular weight is 278 g/mol. The van der Waals surface area contributed by atoms with Crippen LogP contribution in [0.1, 0.15) is 49.9 Å². The second kappa shape index (κ2) is 9.13. The number of esters is 1. The van der Waals surface area contributed by atoms with Gasteiger partial charge in [0.25, 0.3) is 0 Å². The van der Waals surface area contributed by atoms with Crippen LogP contribution in [0, 0.1) is 0 Å². The van der Waals surface area contributed by atoms with Crippen LogP contribution >= 0.6 is 0 Å². The van der Waals surface area contributed by atoms with Crippen LogP contribution in [-0.4, -0.2) is 25.0 Å². The van der Waals surface area contributed by atoms with Crippen LogP contribution in [-0.2, 0) is 9.53 Å². The molecule has 0 bridgehead atoms. The van der Waals surface area contributed by atoms with E-state index in [-0.39, 0.29) is 24.6 Å². The quantitative estimate of drug-likeness (QED) is 0.395. The van der Waals surface area contributed by atoms with Crippen molar-refractivity contribution >= 4 is 11.8 Å². The van der Waals surface area contributed by atoms with Crippen molar-refractivity contribution in [1.29, 1.82) is 0 Å². The summed E-state index contributed by atoms with van der Waals surface area (Å²) in [5.41, 5.74) is 0.524. The summed E-state index contributed by atoms with van der Waals surface area (Å²) in [4.78, 5) is 23.5. The highest BCUT2D eigenvalue weighted by Gasteiger charge is 2.14. The molecule has 0 unspecified atom stereocenters. The van der Waals surface area contributed by atoms with Crippen molar-refractivity contribution in [2.75, 3.05) is 13.2 Å². The molecule has 4 nitrogen and oxygen atoms in total. The van der Waals surface area contributed by atoms with Gasteiger partial charge < -0.3 is 9.47 Å². The van der Waals surface area contributed by atoms with Crippen molar-refractivity contribution in [2.45, 2.75) is 39.5 Å². The summed E-state index contributed by atoms with van der Waals surface area (Å²) in [6.07, 6.45) is 2.10. The Kier molecular flexibility index (Phi) is 7.40. The first kappa shape index (κ1) is 16.2. The molecule has 0 radical (unpaired) electrons. The third kappa shape index (κ3) is 5.43. The van der Waals surface area contributed by atoms with Gasteiger partial charge in [0.2, 0.25) is 0 Å². The number of hydrogen-bond acceptors (Lipinski definition) is 4. The van der Waals surface area contributed by atoms with Gasteiger partial charge in [-0.3, -0.25) is 9.59 Å². The van der Waals surface area contributed by atoms with Crippen LogP contribution in [0.15, 0.2) is 24.3 Å². The van der Waals surface area contributed by atoms with E-state index in [0.29, 0.717) is 24.5 Å². The van der Waals surface area contributed by atoms with Gasteiger partial charge in [-0.2, -0.15) is 0 Å². The molecule has 0 saturated heterocycles. The highest BCUT2D eigenvalue weighted by atomic mass is 16.5. The van der Waals surface area contributed by atoms with Crippen molar-refractivity contribution in [2.24, 2.45) is 0 Å². The summed E-state index contributed by atoms with van der Waals surface area (Å²) in [7, 11) is 0. The van der Waals surface area contributed by atoms with Gasteiger partial charge in [0.1, 0.15) is 5.75 Å². The number of carbonyl (C=O) groups excluding carboxylic acids is 2. The Morgan fingerprint density at radius 1 is 1.10 bits per heavy atom. The molecule has 0 N–H and O–H groups in total. The number of rotatable bonds is 9. The Balaban J connectivity index is 2.48. The zero-order valence-electron chi connectivity index (χ0n) is 12.2. The molecular weight excluding hydrogens is 256 g/mol. The second-order valence-corrected chi connectivity index (χ2v) is 4.43. The Bertz CT molecular complexity index is 440. The smallest absolute Gasteiger partial charge is 0.306 e. The lowest BCUT2D eigenvalue weighted by Crippen LogP contribution is -2.10. The van der Waals surface area contributed by atoms with Gasteiger partial charge in [-0.25, -0.2) is 0 Å². The molecular formula is C16H22O4. The summed E-state index contributed by atoms with van der Waals surface area (Å²) in [5.74, 6) is 0.154. The van der Waals surface area contributed by atoms with E-state index in [1.807, 2.05) is 19.9 Å². The van der Waals surface area contributed by atoms with Gasteiger partial charge >= 0.3 is 5.97 Å². The van der Waals surface area contributed by atoms with E-state index in [1.54, 1.807) is 18.2 Å². The minimum Gasteiger partial charge on any atom is -0.493 e. The van der Waals surface area contributed by atoms with Crippen molar-refractivity contribution in [3.05, 3.63) is 29.8 Å². The van der Waals surface area contributed by atoms with E-state index >= 15 is 0 Å². The van der Waals surface area contributed by atoms with Crippen LogP contribution < -0.4 is 4.74 Å². The first-order chi connectivity index (χ1) is 9.69. The molecule has 0 heterocycles. The molecule has 1 aromatic rings. The van der Waals surface area contributed by atoms with Gasteiger partial charge in [0, 0.05) is 6.42 Å². The fourth-order valence-corrected chi connectivity index (χ4v) is 1.73. The molecule has 0 fully saturated rings. The maximum absolute atomic E-state index is 12.1. The van der Waals surface area contributed by atoms with Crippen LogP contribution in [0.2, 0.25) is 0 Å². The number of hydrogen-bond donors (Lipinski definition) is 0. The van der Waals surface area contributed by atoms with E-state index in [0.717, 1.165) is 12.8 Å². The van der Waals surface area contributed by atoms with Gasteiger partial charge in [-0.15, -0.1) is 0 Å². The predicted octanol–water partition coefficient (Wildman–Crippen LogP) is 3.39. The molecule has 0 aliphatic rings. The molecule has 0 aliphatic carbocycles. The van der Waals surface area contributed by atoms with Gasteiger partial charge in [0.15, 0.2) is 5.78 Å². The monoisotopic (exact) mass is 278 g/mol. The summed E-state index contributed by atoms with van der Waals surface area (Å²) in [5, 5.41) is 0. The molecule has 1 aromatic carbocycles. The van der Waals surface area contributed by atoms with E-state index in [1.165, 1.54) is 0 Å². The number of Topliss-reactive ketones (excluding diaryl/α,β-unsaturated/α-hetero) is 1. The van der Waals surface area contributed by atoms with E-state index in [9.17, 15) is 9.59 Å². The fourth-order valence-electron chi connectivity index (χ4n) is 1.73. The Labute approximate surface area is 120 Å². The lowest BCUT2D eigenvalue weighted by molar-refractivity contribution is -0.143. The zero-order valence-corrected chi connectivity index (χ0v) is 12.2. The van der Waals surface area contributed by atoms with Crippen molar-refractivity contribution < 1.29 is 19.1 Å². The minimum absolute atomic E-state index is 0.0958. The lowest BCUT2D eigenvalue weighted by Gasteiger charge is -2.09. The molecule has 0 aromatic heterocycles. The number of unbranched alkanes of at least 4 members (excludes halogenated alkanes) is 1. The number of ketones is 1. The number of ether oxygens (including phenoxy) is 2. The van der Waals surface area contributed by atoms with E-state index in [2.05, 4.69) is 0 Å². The molecule has 0 saturated carbocycles. The van der Waals surface area contributed by atoms with Gasteiger partial charge in [-0.1, -0.05) is 25.5 Å². The lowest BCUT2D eigenvalue weighted by atomic mass is 10.1. The van der Waals surface area contributed by atoms with Crippen LogP contribution in [0.5, 0.6) is 5.75 Å². The van der Waals surface area contributed by atoms with Crippen molar-refractivity contribution in [3.63, 3.8) is 0 Å². The molecule has 0 atom stereocenters. The first-order valence-corrected chi connectivity index (χ1v) is 7.09. The van der Waals surface area contributed by atoms with Gasteiger partial charge in [0.05, 0.1) is 25.2 Å². The van der Waals surface area contributed by atoms with Crippen LogP contribution in [0.25, 0.3) is 0 Å². The normalized spacial score (nSPS) is 10.1. The summed E-state index contributed by atoms with van der Waals surface area (Å²) in [6.45, 7) is 4.83. The molecule has 0 aliphatic heterocycles. The molecule has 0 amide bonds. The van der Waals surface area contributed by atoms with E-state index in [4.69, 9.17) is 9.47 Å². The molecule has 0 spiro atoms. The standard InChI is InChI=1S/C16H22O4/c1-3-5-12-20-16(18)11-10-14(17)13-8-6-7-9-15(13)19-4-2/h6-9H,3-5,10-12H2,1-2H3. The zero-order chi connectivity index (χ0) is 14.8. The third-order valence-electron chi connectivity index (χ3n) is 2.80. The Hall–Kier alpha value is -1.84. The number of carbonyl (C=O) groups is 2. The highest BCUT2D eigenvalue weighted by molar-refractivity contribution is 5.99. The van der Waals surface area contributed by atoms with E-state index < -0.39 is 0 Å². The van der Waals surface area contributed by atoms with Gasteiger partial charge in [-0.05, 0) is 25.5 Å². The first-order valence-electron chi connectivity index (χ1n) is 7.09. The summed E-state index contributed by atoms with van der Waals surface area (Å²) >= 11 is 0. The molecule has 1 rings (SSSR count). The van der Waals surface area contributed by atoms with Crippen molar-refractivity contribution in [3.8, 4) is 5.75 Å².